The highest BCUT2D eigenvalue weighted by Crippen LogP contribution is 2.47. The lowest BCUT2D eigenvalue weighted by molar-refractivity contribution is -0.117. The number of fused-ring (bicyclic) bond motifs is 1. The monoisotopic (exact) mass is 385 g/mol. The number of halogens is 2. The van der Waals surface area contributed by atoms with Gasteiger partial charge < -0.3 is 5.32 Å². The number of hydrogen-bond donors (Lipinski definition) is 1. The van der Waals surface area contributed by atoms with Crippen LogP contribution in [0.15, 0.2) is 53.3 Å². The Morgan fingerprint density at radius 3 is 2.88 bits per heavy atom. The first-order chi connectivity index (χ1) is 11.6. The van der Waals surface area contributed by atoms with E-state index in [4.69, 9.17) is 0 Å². The molecule has 2 atom stereocenters. The molecule has 0 aliphatic heterocycles. The first kappa shape index (κ1) is 15.2. The fourth-order valence-electron chi connectivity index (χ4n) is 2.83. The zero-order valence-corrected chi connectivity index (χ0v) is 14.1. The molecule has 2 aromatic heterocycles. The summed E-state index contributed by atoms with van der Waals surface area (Å²) in [6.07, 6.45) is 4.10. The Bertz CT molecular complexity index is 932. The Morgan fingerprint density at radius 1 is 1.21 bits per heavy atom. The standard InChI is InChI=1S/C18H13BrFN3O/c19-14-5-10-7-17(22-9-11(10)6-15(14)20)23-18(24)13-8-12(13)16-3-1-2-4-21-16/h1-7,9,12-13H,8H2,(H,22,23,24). The number of benzene rings is 1. The van der Waals surface area contributed by atoms with Crippen LogP contribution in [0.5, 0.6) is 0 Å². The van der Waals surface area contributed by atoms with Gasteiger partial charge in [-0.1, -0.05) is 6.07 Å². The molecule has 4 rings (SSSR count). The molecule has 0 radical (unpaired) electrons. The average Bonchev–Trinajstić information content (AvgIpc) is 3.38. The number of anilines is 1. The number of aromatic nitrogens is 2. The van der Waals surface area contributed by atoms with Crippen LogP contribution >= 0.6 is 15.9 Å². The molecule has 4 nitrogen and oxygen atoms in total. The van der Waals surface area contributed by atoms with Crippen molar-refractivity contribution in [3.05, 3.63) is 64.8 Å². The van der Waals surface area contributed by atoms with Crippen LogP contribution in [-0.4, -0.2) is 15.9 Å². The summed E-state index contributed by atoms with van der Waals surface area (Å²) < 4.78 is 13.9. The van der Waals surface area contributed by atoms with Crippen molar-refractivity contribution < 1.29 is 9.18 Å². The van der Waals surface area contributed by atoms with Crippen molar-refractivity contribution in [3.8, 4) is 0 Å². The number of amides is 1. The Morgan fingerprint density at radius 2 is 2.08 bits per heavy atom. The third kappa shape index (κ3) is 2.89. The van der Waals surface area contributed by atoms with Crippen molar-refractivity contribution in [1.29, 1.82) is 0 Å². The van der Waals surface area contributed by atoms with Crippen molar-refractivity contribution in [2.45, 2.75) is 12.3 Å². The summed E-state index contributed by atoms with van der Waals surface area (Å²) in [4.78, 5) is 20.9. The zero-order chi connectivity index (χ0) is 16.7. The number of nitrogens with one attached hydrogen (secondary N) is 1. The summed E-state index contributed by atoms with van der Waals surface area (Å²) in [6.45, 7) is 0. The third-order valence-corrected chi connectivity index (χ3v) is 4.81. The smallest absolute Gasteiger partial charge is 0.229 e. The SMILES string of the molecule is O=C(Nc1cc2cc(Br)c(F)cc2cn1)C1CC1c1ccccn1. The van der Waals surface area contributed by atoms with E-state index in [1.165, 1.54) is 6.07 Å². The van der Waals surface area contributed by atoms with Crippen molar-refractivity contribution in [1.82, 2.24) is 9.97 Å². The quantitative estimate of drug-likeness (QED) is 0.732. The van der Waals surface area contributed by atoms with Gasteiger partial charge in [-0.05, 0) is 58.1 Å². The highest BCUT2D eigenvalue weighted by atomic mass is 79.9. The van der Waals surface area contributed by atoms with Gasteiger partial charge in [-0.2, -0.15) is 0 Å². The third-order valence-electron chi connectivity index (χ3n) is 4.21. The molecule has 1 fully saturated rings. The summed E-state index contributed by atoms with van der Waals surface area (Å²) in [6, 6.07) is 10.6. The normalized spacial score (nSPS) is 19.2. The van der Waals surface area contributed by atoms with Gasteiger partial charge in [0, 0.05) is 35.3 Å². The van der Waals surface area contributed by atoms with Crippen LogP contribution in [0, 0.1) is 11.7 Å². The Balaban J connectivity index is 1.50. The minimum atomic E-state index is -0.336. The molecular formula is C18H13BrFN3O. The number of carbonyl (C=O) groups is 1. The molecule has 2 unspecified atom stereocenters. The van der Waals surface area contributed by atoms with Gasteiger partial charge in [0.2, 0.25) is 5.91 Å². The fourth-order valence-corrected chi connectivity index (χ4v) is 3.19. The minimum absolute atomic E-state index is 0.0568. The number of pyridine rings is 2. The van der Waals surface area contributed by atoms with Crippen molar-refractivity contribution in [2.24, 2.45) is 5.92 Å². The predicted molar refractivity (Wildman–Crippen MR) is 93.1 cm³/mol. The summed E-state index contributed by atoms with van der Waals surface area (Å²) >= 11 is 3.17. The molecule has 3 aromatic rings. The van der Waals surface area contributed by atoms with Crippen LogP contribution in [0.25, 0.3) is 10.8 Å². The summed E-state index contributed by atoms with van der Waals surface area (Å²) in [5, 5.41) is 4.34. The van der Waals surface area contributed by atoms with Crippen LogP contribution in [0.3, 0.4) is 0 Å². The van der Waals surface area contributed by atoms with E-state index in [0.717, 1.165) is 17.5 Å². The molecule has 1 aliphatic rings. The van der Waals surface area contributed by atoms with Gasteiger partial charge in [-0.15, -0.1) is 0 Å². The maximum atomic E-state index is 13.5. The van der Waals surface area contributed by atoms with Gasteiger partial charge in [0.25, 0.3) is 0 Å². The zero-order valence-electron chi connectivity index (χ0n) is 12.5. The molecule has 6 heteroatoms. The molecule has 2 heterocycles. The molecule has 0 saturated heterocycles. The van der Waals surface area contributed by atoms with Crippen LogP contribution in [-0.2, 0) is 4.79 Å². The van der Waals surface area contributed by atoms with E-state index in [1.54, 1.807) is 24.5 Å². The Hall–Kier alpha value is -2.34. The molecule has 1 amide bonds. The van der Waals surface area contributed by atoms with E-state index in [-0.39, 0.29) is 23.6 Å². The van der Waals surface area contributed by atoms with Crippen LogP contribution in [0.2, 0.25) is 0 Å². The molecule has 1 N–H and O–H groups in total. The number of nitrogens with zero attached hydrogens (tertiary/aromatic N) is 2. The average molecular weight is 386 g/mol. The fraction of sp³-hybridized carbons (Fsp3) is 0.167. The summed E-state index contributed by atoms with van der Waals surface area (Å²) in [7, 11) is 0. The maximum Gasteiger partial charge on any atom is 0.229 e. The first-order valence-electron chi connectivity index (χ1n) is 7.58. The van der Waals surface area contributed by atoms with Gasteiger partial charge >= 0.3 is 0 Å². The molecular weight excluding hydrogens is 373 g/mol. The minimum Gasteiger partial charge on any atom is -0.310 e. The van der Waals surface area contributed by atoms with E-state index < -0.39 is 0 Å². The maximum absolute atomic E-state index is 13.5. The highest BCUT2D eigenvalue weighted by Gasteiger charge is 2.44. The number of hydrogen-bond acceptors (Lipinski definition) is 3. The van der Waals surface area contributed by atoms with Crippen LogP contribution in [0.1, 0.15) is 18.0 Å². The second kappa shape index (κ2) is 5.94. The molecule has 0 spiro atoms. The molecule has 120 valence electrons. The van der Waals surface area contributed by atoms with Gasteiger partial charge in [0.15, 0.2) is 0 Å². The second-order valence-corrected chi connectivity index (χ2v) is 6.73. The lowest BCUT2D eigenvalue weighted by atomic mass is 10.1. The topological polar surface area (TPSA) is 54.9 Å². The van der Waals surface area contributed by atoms with E-state index in [1.807, 2.05) is 18.2 Å². The molecule has 24 heavy (non-hydrogen) atoms. The molecule has 1 aromatic carbocycles. The van der Waals surface area contributed by atoms with Gasteiger partial charge in [0.05, 0.1) is 4.47 Å². The number of rotatable bonds is 3. The van der Waals surface area contributed by atoms with E-state index >= 15 is 0 Å². The largest absolute Gasteiger partial charge is 0.310 e. The highest BCUT2D eigenvalue weighted by molar-refractivity contribution is 9.10. The lowest BCUT2D eigenvalue weighted by Gasteiger charge is -2.06. The molecule has 1 aliphatic carbocycles. The first-order valence-corrected chi connectivity index (χ1v) is 8.38. The molecule has 1 saturated carbocycles. The van der Waals surface area contributed by atoms with Crippen LogP contribution < -0.4 is 5.32 Å². The second-order valence-electron chi connectivity index (χ2n) is 5.88. The lowest BCUT2D eigenvalue weighted by Crippen LogP contribution is -2.15. The predicted octanol–water partition coefficient (Wildman–Crippen LogP) is 4.27. The van der Waals surface area contributed by atoms with E-state index in [9.17, 15) is 9.18 Å². The summed E-state index contributed by atoms with van der Waals surface area (Å²) in [5.41, 5.74) is 0.948. The van der Waals surface area contributed by atoms with Crippen LogP contribution in [0.4, 0.5) is 10.2 Å². The Kier molecular flexibility index (Phi) is 3.76. The van der Waals surface area contributed by atoms with Gasteiger partial charge in [-0.3, -0.25) is 9.78 Å². The van der Waals surface area contributed by atoms with E-state index in [0.29, 0.717) is 15.7 Å². The summed E-state index contributed by atoms with van der Waals surface area (Å²) in [5.74, 6) is 0.181. The van der Waals surface area contributed by atoms with Crippen molar-refractivity contribution >= 4 is 38.4 Å². The Labute approximate surface area is 146 Å². The van der Waals surface area contributed by atoms with E-state index in [2.05, 4.69) is 31.2 Å². The molecule has 0 bridgehead atoms. The number of carbonyl (C=O) groups excluding carboxylic acids is 1. The van der Waals surface area contributed by atoms with Crippen molar-refractivity contribution in [2.75, 3.05) is 5.32 Å². The van der Waals surface area contributed by atoms with Crippen molar-refractivity contribution in [3.63, 3.8) is 0 Å². The van der Waals surface area contributed by atoms with Gasteiger partial charge in [0.1, 0.15) is 11.6 Å². The van der Waals surface area contributed by atoms with Gasteiger partial charge in [-0.25, -0.2) is 9.37 Å².